The van der Waals surface area contributed by atoms with Crippen LogP contribution in [0.25, 0.3) is 0 Å². The van der Waals surface area contributed by atoms with Gasteiger partial charge in [-0.05, 0) is 44.3 Å². The van der Waals surface area contributed by atoms with E-state index in [-0.39, 0.29) is 11.8 Å². The molecule has 15 heteroatoms. The summed E-state index contributed by atoms with van der Waals surface area (Å²) in [6, 6.07) is 4.18. The first-order chi connectivity index (χ1) is 15.7. The van der Waals surface area contributed by atoms with Crippen molar-refractivity contribution < 1.29 is 53.9 Å². The standard InChI is InChI=1S/C16H24F3N3O.C4F6O2/c1-11(2)14(15(23)20-9-10-22(3)4)21-13-7-5-12(6-8-13)16(17,18)19;5-3(6,7)1(11)2(12)4(8,9)10/h5-8,11,14,21H,9-10H2,1-4H3,(H,20,23);/t14-;/m1./s1. The maximum Gasteiger partial charge on any atom is 0.458 e. The molecular formula is C20H24F9N3O3. The Bertz CT molecular complexity index is 823. The third-order valence-corrected chi connectivity index (χ3v) is 4.06. The molecule has 2 N–H and O–H groups in total. The van der Waals surface area contributed by atoms with Crippen molar-refractivity contribution >= 4 is 23.2 Å². The largest absolute Gasteiger partial charge is 0.458 e. The van der Waals surface area contributed by atoms with Crippen molar-refractivity contribution in [2.75, 3.05) is 32.5 Å². The van der Waals surface area contributed by atoms with Crippen LogP contribution in [-0.2, 0) is 20.6 Å². The second-order valence-corrected chi connectivity index (χ2v) is 7.69. The Morgan fingerprint density at radius 1 is 0.829 bits per heavy atom. The fraction of sp³-hybridized carbons (Fsp3) is 0.550. The summed E-state index contributed by atoms with van der Waals surface area (Å²) in [5.74, 6) is -6.98. The van der Waals surface area contributed by atoms with E-state index in [1.165, 1.54) is 12.1 Å². The summed E-state index contributed by atoms with van der Waals surface area (Å²) in [4.78, 5) is 33.4. The van der Waals surface area contributed by atoms with Gasteiger partial charge in [-0.3, -0.25) is 14.4 Å². The highest BCUT2D eigenvalue weighted by atomic mass is 19.4. The van der Waals surface area contributed by atoms with E-state index >= 15 is 0 Å². The van der Waals surface area contributed by atoms with E-state index in [1.807, 2.05) is 32.8 Å². The lowest BCUT2D eigenvalue weighted by molar-refractivity contribution is -0.193. The Labute approximate surface area is 194 Å². The van der Waals surface area contributed by atoms with E-state index in [2.05, 4.69) is 10.6 Å². The lowest BCUT2D eigenvalue weighted by Gasteiger charge is -2.23. The maximum absolute atomic E-state index is 12.6. The van der Waals surface area contributed by atoms with E-state index in [4.69, 9.17) is 0 Å². The fourth-order valence-electron chi connectivity index (χ4n) is 2.24. The van der Waals surface area contributed by atoms with Crippen molar-refractivity contribution in [3.8, 4) is 0 Å². The molecule has 200 valence electrons. The van der Waals surface area contributed by atoms with Gasteiger partial charge >= 0.3 is 30.1 Å². The molecule has 0 heterocycles. The molecular weight excluding hydrogens is 501 g/mol. The summed E-state index contributed by atoms with van der Waals surface area (Å²) in [5, 5.41) is 5.83. The number of likely N-dealkylation sites (N-methyl/N-ethyl adjacent to an activating group) is 1. The summed E-state index contributed by atoms with van der Waals surface area (Å²) in [5.41, 5.74) is -0.223. The average molecular weight is 525 g/mol. The monoisotopic (exact) mass is 525 g/mol. The lowest BCUT2D eigenvalue weighted by Crippen LogP contribution is -2.44. The third kappa shape index (κ3) is 11.9. The van der Waals surface area contributed by atoms with Crippen LogP contribution >= 0.6 is 0 Å². The molecule has 0 aliphatic rings. The van der Waals surface area contributed by atoms with E-state index in [0.717, 1.165) is 18.7 Å². The Kier molecular flexibility index (Phi) is 11.7. The third-order valence-electron chi connectivity index (χ3n) is 4.06. The smallest absolute Gasteiger partial charge is 0.373 e. The molecule has 0 saturated carbocycles. The molecule has 0 aliphatic carbocycles. The molecule has 1 aromatic rings. The molecule has 1 atom stereocenters. The van der Waals surface area contributed by atoms with Gasteiger partial charge in [0.2, 0.25) is 5.91 Å². The van der Waals surface area contributed by atoms with Gasteiger partial charge in [-0.15, -0.1) is 0 Å². The van der Waals surface area contributed by atoms with Gasteiger partial charge in [0, 0.05) is 18.8 Å². The first kappa shape index (κ1) is 32.2. The molecule has 35 heavy (non-hydrogen) atoms. The highest BCUT2D eigenvalue weighted by molar-refractivity contribution is 6.41. The van der Waals surface area contributed by atoms with Gasteiger partial charge in [0.1, 0.15) is 6.04 Å². The Morgan fingerprint density at radius 2 is 1.26 bits per heavy atom. The quantitative estimate of drug-likeness (QED) is 0.396. The van der Waals surface area contributed by atoms with Crippen molar-refractivity contribution in [3.63, 3.8) is 0 Å². The zero-order valence-electron chi connectivity index (χ0n) is 19.0. The highest BCUT2D eigenvalue weighted by Gasteiger charge is 2.54. The molecule has 1 amide bonds. The van der Waals surface area contributed by atoms with E-state index in [9.17, 15) is 53.9 Å². The number of amides is 1. The molecule has 0 spiro atoms. The van der Waals surface area contributed by atoms with Gasteiger partial charge in [-0.2, -0.15) is 39.5 Å². The Balaban J connectivity index is 0.000000814. The second-order valence-electron chi connectivity index (χ2n) is 7.69. The molecule has 0 saturated heterocycles. The molecule has 1 aromatic carbocycles. The van der Waals surface area contributed by atoms with Crippen molar-refractivity contribution in [2.45, 2.75) is 38.4 Å². The number of carbonyl (C=O) groups excluding carboxylic acids is 3. The first-order valence-electron chi connectivity index (χ1n) is 9.76. The van der Waals surface area contributed by atoms with Crippen LogP contribution < -0.4 is 10.6 Å². The van der Waals surface area contributed by atoms with Crippen molar-refractivity contribution in [1.82, 2.24) is 10.2 Å². The molecule has 0 aromatic heterocycles. The number of rotatable bonds is 8. The van der Waals surface area contributed by atoms with E-state index in [1.54, 1.807) is 0 Å². The van der Waals surface area contributed by atoms with Gasteiger partial charge in [0.05, 0.1) is 5.56 Å². The van der Waals surface area contributed by atoms with Crippen LogP contribution in [0, 0.1) is 5.92 Å². The maximum atomic E-state index is 12.6. The zero-order chi connectivity index (χ0) is 27.8. The zero-order valence-corrected chi connectivity index (χ0v) is 19.0. The molecule has 1 rings (SSSR count). The second kappa shape index (κ2) is 12.7. The van der Waals surface area contributed by atoms with E-state index < -0.39 is 41.7 Å². The minimum atomic E-state index is -5.77. The topological polar surface area (TPSA) is 78.5 Å². The molecule has 0 unspecified atom stereocenters. The van der Waals surface area contributed by atoms with Gasteiger partial charge in [-0.1, -0.05) is 13.8 Å². The minimum Gasteiger partial charge on any atom is -0.373 e. The average Bonchev–Trinajstić information content (AvgIpc) is 2.69. The normalized spacial score (nSPS) is 13.1. The van der Waals surface area contributed by atoms with Crippen LogP contribution in [0.5, 0.6) is 0 Å². The van der Waals surface area contributed by atoms with Gasteiger partial charge in [-0.25, -0.2) is 0 Å². The van der Waals surface area contributed by atoms with Crippen molar-refractivity contribution in [1.29, 1.82) is 0 Å². The number of carbonyl (C=O) groups is 3. The van der Waals surface area contributed by atoms with Gasteiger partial charge < -0.3 is 15.5 Å². The number of hydrogen-bond donors (Lipinski definition) is 2. The van der Waals surface area contributed by atoms with Crippen LogP contribution in [0.3, 0.4) is 0 Å². The number of anilines is 1. The minimum absolute atomic E-state index is 0.00310. The van der Waals surface area contributed by atoms with Crippen LogP contribution in [-0.4, -0.2) is 68.0 Å². The van der Waals surface area contributed by atoms with Gasteiger partial charge in [0.15, 0.2) is 0 Å². The fourth-order valence-corrected chi connectivity index (χ4v) is 2.24. The molecule has 0 radical (unpaired) electrons. The summed E-state index contributed by atoms with van der Waals surface area (Å²) >= 11 is 0. The van der Waals surface area contributed by atoms with Crippen molar-refractivity contribution in [2.24, 2.45) is 5.92 Å². The number of nitrogens with one attached hydrogen (secondary N) is 2. The molecule has 0 bridgehead atoms. The number of ketones is 2. The van der Waals surface area contributed by atoms with E-state index in [0.29, 0.717) is 12.2 Å². The molecule has 0 fully saturated rings. The number of Topliss-reactive ketones (excluding diaryl/α,β-unsaturated/α-hetero) is 2. The van der Waals surface area contributed by atoms with Crippen LogP contribution in [0.1, 0.15) is 19.4 Å². The highest BCUT2D eigenvalue weighted by Crippen LogP contribution is 2.30. The van der Waals surface area contributed by atoms with Gasteiger partial charge in [0.25, 0.3) is 0 Å². The predicted octanol–water partition coefficient (Wildman–Crippen LogP) is 4.07. The Hall–Kier alpha value is -2.84. The SMILES string of the molecule is CC(C)[C@@H](Nc1ccc(C(F)(F)F)cc1)C(=O)NCCN(C)C.O=C(C(=O)C(F)(F)F)C(F)(F)F. The number of halogens is 9. The number of nitrogens with zero attached hydrogens (tertiary/aromatic N) is 1. The van der Waals surface area contributed by atoms with Crippen LogP contribution in [0.15, 0.2) is 24.3 Å². The number of benzene rings is 1. The summed E-state index contributed by atoms with van der Waals surface area (Å²) in [6.45, 7) is 5.00. The molecule has 0 aliphatic heterocycles. The van der Waals surface area contributed by atoms with Crippen LogP contribution in [0.4, 0.5) is 45.2 Å². The number of alkyl halides is 9. The first-order valence-corrected chi connectivity index (χ1v) is 9.76. The van der Waals surface area contributed by atoms with Crippen LogP contribution in [0.2, 0.25) is 0 Å². The molecule has 6 nitrogen and oxygen atoms in total. The lowest BCUT2D eigenvalue weighted by atomic mass is 10.0. The Morgan fingerprint density at radius 3 is 1.57 bits per heavy atom. The number of hydrogen-bond acceptors (Lipinski definition) is 5. The predicted molar refractivity (Wildman–Crippen MR) is 107 cm³/mol. The summed E-state index contributed by atoms with van der Waals surface area (Å²) in [6.07, 6.45) is -15.9. The van der Waals surface area contributed by atoms with Crippen molar-refractivity contribution in [3.05, 3.63) is 29.8 Å². The summed E-state index contributed by atoms with van der Waals surface area (Å²) in [7, 11) is 3.82. The summed E-state index contributed by atoms with van der Waals surface area (Å²) < 4.78 is 105.